The monoisotopic (exact) mass is 290 g/mol. The summed E-state index contributed by atoms with van der Waals surface area (Å²) < 4.78 is 0. The zero-order valence-corrected chi connectivity index (χ0v) is 15.9. The van der Waals surface area contributed by atoms with Crippen LogP contribution < -0.4 is 5.46 Å². The maximum absolute atomic E-state index is 4.88. The van der Waals surface area contributed by atoms with Gasteiger partial charge in [-0.1, -0.05) is 59.5 Å². The minimum absolute atomic E-state index is 0.120. The third-order valence-electron chi connectivity index (χ3n) is 4.87. The van der Waals surface area contributed by atoms with E-state index in [4.69, 9.17) is 12.6 Å². The Labute approximate surface area is 132 Å². The number of hydrogen-bond acceptors (Lipinski definition) is 1. The largest absolute Gasteiger partial charge is 0.143 e. The third-order valence-corrected chi connectivity index (χ3v) is 5.43. The fraction of sp³-hybridized carbons (Fsp3) is 0.667. The van der Waals surface area contributed by atoms with Crippen LogP contribution in [0.25, 0.3) is 0 Å². The van der Waals surface area contributed by atoms with Gasteiger partial charge in [0.2, 0.25) is 0 Å². The van der Waals surface area contributed by atoms with Gasteiger partial charge in [-0.05, 0) is 47.3 Å². The molecule has 0 heterocycles. The van der Waals surface area contributed by atoms with E-state index in [1.54, 1.807) is 0 Å². The van der Waals surface area contributed by atoms with Crippen molar-refractivity contribution in [3.05, 3.63) is 22.3 Å². The van der Waals surface area contributed by atoms with Crippen LogP contribution in [0.3, 0.4) is 0 Å². The molecular weight excluding hydrogens is 259 g/mol. The van der Waals surface area contributed by atoms with E-state index >= 15 is 0 Å². The van der Waals surface area contributed by atoms with Crippen molar-refractivity contribution >= 4 is 25.9 Å². The fourth-order valence-corrected chi connectivity index (χ4v) is 3.52. The highest BCUT2D eigenvalue weighted by atomic mass is 32.1. The Morgan fingerprint density at radius 1 is 0.950 bits per heavy atom. The summed E-state index contributed by atoms with van der Waals surface area (Å²) >= 11 is 4.88. The summed E-state index contributed by atoms with van der Waals surface area (Å²) in [5.74, 6) is 0.516. The van der Waals surface area contributed by atoms with Gasteiger partial charge in [0.05, 0.1) is 0 Å². The first-order valence-electron chi connectivity index (χ1n) is 7.63. The normalized spacial score (nSPS) is 14.5. The van der Waals surface area contributed by atoms with Gasteiger partial charge in [0.15, 0.2) is 0 Å². The fourth-order valence-electron chi connectivity index (χ4n) is 2.90. The average molecular weight is 290 g/mol. The zero-order valence-electron chi connectivity index (χ0n) is 15.0. The Morgan fingerprint density at radius 3 is 1.75 bits per heavy atom. The molecule has 2 heteroatoms. The van der Waals surface area contributed by atoms with Gasteiger partial charge < -0.3 is 0 Å². The summed E-state index contributed by atoms with van der Waals surface area (Å²) in [5.41, 5.74) is 7.51. The van der Waals surface area contributed by atoms with Crippen molar-refractivity contribution in [3.63, 3.8) is 0 Å². The molecular formula is C18H31BS. The molecule has 112 valence electrons. The van der Waals surface area contributed by atoms with Crippen LogP contribution in [0.5, 0.6) is 0 Å². The summed E-state index contributed by atoms with van der Waals surface area (Å²) in [6.45, 7) is 20.7. The second-order valence-corrected chi connectivity index (χ2v) is 8.80. The van der Waals surface area contributed by atoms with E-state index in [9.17, 15) is 0 Å². The first kappa shape index (κ1) is 17.7. The molecule has 0 aliphatic carbocycles. The predicted molar refractivity (Wildman–Crippen MR) is 97.9 cm³/mol. The van der Waals surface area contributed by atoms with Crippen molar-refractivity contribution in [2.45, 2.75) is 78.5 Å². The standard InChI is InChI=1S/C18H31BS/c1-10-13(12(3)17(4,5)6)14(18(7,8)9)16(20)11(2)15(10)19/h12,20H,19H2,1-9H3. The Balaban J connectivity index is 3.82. The molecule has 0 bridgehead atoms. The van der Waals surface area contributed by atoms with Gasteiger partial charge >= 0.3 is 0 Å². The van der Waals surface area contributed by atoms with Gasteiger partial charge in [0.1, 0.15) is 7.85 Å². The molecule has 0 nitrogen and oxygen atoms in total. The quantitative estimate of drug-likeness (QED) is 0.578. The summed E-state index contributed by atoms with van der Waals surface area (Å²) in [6.07, 6.45) is 0. The van der Waals surface area contributed by atoms with E-state index in [0.717, 1.165) is 0 Å². The Hall–Kier alpha value is -0.365. The van der Waals surface area contributed by atoms with Crippen LogP contribution in [0.1, 0.15) is 76.6 Å². The molecule has 1 unspecified atom stereocenters. The van der Waals surface area contributed by atoms with Gasteiger partial charge in [0, 0.05) is 4.90 Å². The minimum atomic E-state index is 0.120. The Kier molecular flexibility index (Phi) is 4.81. The molecule has 0 radical (unpaired) electrons. The lowest BCUT2D eigenvalue weighted by molar-refractivity contribution is 0.333. The molecule has 0 amide bonds. The van der Waals surface area contributed by atoms with Gasteiger partial charge in [-0.25, -0.2) is 0 Å². The van der Waals surface area contributed by atoms with Crippen LogP contribution in [0.4, 0.5) is 0 Å². The van der Waals surface area contributed by atoms with E-state index in [-0.39, 0.29) is 10.8 Å². The molecule has 0 aliphatic heterocycles. The second kappa shape index (κ2) is 5.44. The highest BCUT2D eigenvalue weighted by Gasteiger charge is 2.31. The summed E-state index contributed by atoms with van der Waals surface area (Å²) in [6, 6.07) is 0. The van der Waals surface area contributed by atoms with Crippen molar-refractivity contribution < 1.29 is 0 Å². The van der Waals surface area contributed by atoms with Gasteiger partial charge in [-0.3, -0.25) is 0 Å². The topological polar surface area (TPSA) is 0 Å². The molecule has 1 atom stereocenters. The van der Waals surface area contributed by atoms with Crippen LogP contribution in [-0.2, 0) is 5.41 Å². The molecule has 0 saturated heterocycles. The van der Waals surface area contributed by atoms with Crippen molar-refractivity contribution in [3.8, 4) is 0 Å². The first-order valence-corrected chi connectivity index (χ1v) is 8.08. The maximum Gasteiger partial charge on any atom is 0.140 e. The maximum atomic E-state index is 4.88. The number of benzene rings is 1. The highest BCUT2D eigenvalue weighted by molar-refractivity contribution is 7.80. The molecule has 1 rings (SSSR count). The number of hydrogen-bond donors (Lipinski definition) is 1. The lowest BCUT2D eigenvalue weighted by Crippen LogP contribution is -2.28. The lowest BCUT2D eigenvalue weighted by atomic mass is 9.67. The van der Waals surface area contributed by atoms with E-state index < -0.39 is 0 Å². The smallest absolute Gasteiger partial charge is 0.140 e. The molecule has 1 aromatic rings. The molecule has 0 aromatic heterocycles. The van der Waals surface area contributed by atoms with E-state index in [0.29, 0.717) is 5.92 Å². The van der Waals surface area contributed by atoms with Gasteiger partial charge in [0.25, 0.3) is 0 Å². The lowest BCUT2D eigenvalue weighted by Gasteiger charge is -2.37. The Morgan fingerprint density at radius 2 is 1.40 bits per heavy atom. The molecule has 0 saturated carbocycles. The molecule has 0 fully saturated rings. The second-order valence-electron chi connectivity index (χ2n) is 8.35. The zero-order chi connectivity index (χ0) is 16.0. The first-order chi connectivity index (χ1) is 8.80. The molecule has 0 aliphatic rings. The van der Waals surface area contributed by atoms with Gasteiger partial charge in [-0.15, -0.1) is 12.6 Å². The van der Waals surface area contributed by atoms with E-state index in [1.165, 1.54) is 32.6 Å². The van der Waals surface area contributed by atoms with Crippen molar-refractivity contribution in [2.75, 3.05) is 0 Å². The summed E-state index contributed by atoms with van der Waals surface area (Å²) in [4.78, 5) is 1.19. The van der Waals surface area contributed by atoms with Crippen molar-refractivity contribution in [1.82, 2.24) is 0 Å². The SMILES string of the molecule is Bc1c(C)c(S)c(C(C)(C)C)c(C(C)C(C)(C)C)c1C. The number of thiol groups is 1. The van der Waals surface area contributed by atoms with Crippen molar-refractivity contribution in [2.24, 2.45) is 5.41 Å². The Bertz CT molecular complexity index is 516. The predicted octanol–water partition coefficient (Wildman–Crippen LogP) is 4.30. The summed E-state index contributed by atoms with van der Waals surface area (Å²) in [7, 11) is 2.23. The molecule has 1 aromatic carbocycles. The van der Waals surface area contributed by atoms with Crippen LogP contribution in [-0.4, -0.2) is 7.85 Å². The van der Waals surface area contributed by atoms with E-state index in [1.807, 2.05) is 0 Å². The van der Waals surface area contributed by atoms with Crippen molar-refractivity contribution in [1.29, 1.82) is 0 Å². The van der Waals surface area contributed by atoms with Crippen LogP contribution in [0.2, 0.25) is 0 Å². The summed E-state index contributed by atoms with van der Waals surface area (Å²) in [5, 5.41) is 0. The highest BCUT2D eigenvalue weighted by Crippen LogP contribution is 2.43. The third kappa shape index (κ3) is 3.11. The molecule has 0 spiro atoms. The van der Waals surface area contributed by atoms with E-state index in [2.05, 4.69) is 70.2 Å². The molecule has 0 N–H and O–H groups in total. The minimum Gasteiger partial charge on any atom is -0.143 e. The molecule has 20 heavy (non-hydrogen) atoms. The van der Waals surface area contributed by atoms with Crippen LogP contribution >= 0.6 is 12.6 Å². The van der Waals surface area contributed by atoms with Crippen LogP contribution in [0.15, 0.2) is 4.90 Å². The average Bonchev–Trinajstić information content (AvgIpc) is 2.27. The van der Waals surface area contributed by atoms with Crippen LogP contribution in [0, 0.1) is 19.3 Å². The number of rotatable bonds is 1. The van der Waals surface area contributed by atoms with Gasteiger partial charge in [-0.2, -0.15) is 0 Å².